The first-order valence-electron chi connectivity index (χ1n) is 6.77. The number of nitrogens with one attached hydrogen (secondary N) is 1. The van der Waals surface area contributed by atoms with Crippen LogP contribution in [0.2, 0.25) is 0 Å². The maximum absolute atomic E-state index is 13.4. The molecule has 102 valence electrons. The lowest BCUT2D eigenvalue weighted by molar-refractivity contribution is 0.619. The number of nitrogens with two attached hydrogens (primary N) is 1. The van der Waals surface area contributed by atoms with Gasteiger partial charge in [-0.1, -0.05) is 18.2 Å². The minimum absolute atomic E-state index is 0.176. The van der Waals surface area contributed by atoms with Crippen molar-refractivity contribution < 1.29 is 4.39 Å². The van der Waals surface area contributed by atoms with Crippen LogP contribution in [-0.4, -0.2) is 11.5 Å². The van der Waals surface area contributed by atoms with E-state index in [-0.39, 0.29) is 5.82 Å². The molecule has 0 aliphatic carbocycles. The number of benzene rings is 2. The van der Waals surface area contributed by atoms with Crippen molar-refractivity contribution in [1.82, 2.24) is 4.98 Å². The van der Waals surface area contributed by atoms with E-state index in [4.69, 9.17) is 5.73 Å². The van der Waals surface area contributed by atoms with Crippen LogP contribution in [0.5, 0.6) is 0 Å². The maximum Gasteiger partial charge on any atom is 0.126 e. The van der Waals surface area contributed by atoms with E-state index in [1.807, 2.05) is 24.3 Å². The highest BCUT2D eigenvalue weighted by atomic mass is 19.1. The average Bonchev–Trinajstić information content (AvgIpc) is 2.82. The van der Waals surface area contributed by atoms with Gasteiger partial charge in [0.25, 0.3) is 0 Å². The van der Waals surface area contributed by atoms with Gasteiger partial charge in [0.15, 0.2) is 0 Å². The fraction of sp³-hybridized carbons (Fsp3) is 0.176. The summed E-state index contributed by atoms with van der Waals surface area (Å²) in [6.45, 7) is 2.37. The molecule has 1 heterocycles. The van der Waals surface area contributed by atoms with Crippen LogP contribution in [0.25, 0.3) is 22.2 Å². The quantitative estimate of drug-likeness (QED) is 0.745. The standard InChI is InChI=1S/C17H17FN2/c1-11-10-12(6-7-15(11)18)17-14(8-9-19)13-4-2-3-5-16(13)20-17/h2-7,10,20H,8-9,19H2,1H3. The number of aromatic nitrogens is 1. The molecule has 0 amide bonds. The largest absolute Gasteiger partial charge is 0.354 e. The third-order valence-electron chi connectivity index (χ3n) is 3.65. The van der Waals surface area contributed by atoms with Crippen molar-refractivity contribution in [2.45, 2.75) is 13.3 Å². The van der Waals surface area contributed by atoms with Crippen LogP contribution in [0, 0.1) is 12.7 Å². The number of rotatable bonds is 3. The Morgan fingerprint density at radius 3 is 2.70 bits per heavy atom. The van der Waals surface area contributed by atoms with E-state index in [2.05, 4.69) is 17.1 Å². The smallest absolute Gasteiger partial charge is 0.126 e. The number of halogens is 1. The number of hydrogen-bond acceptors (Lipinski definition) is 1. The summed E-state index contributed by atoms with van der Waals surface area (Å²) < 4.78 is 13.4. The van der Waals surface area contributed by atoms with Crippen LogP contribution in [0.1, 0.15) is 11.1 Å². The molecular formula is C17H17FN2. The van der Waals surface area contributed by atoms with Gasteiger partial charge in [-0.05, 0) is 60.8 Å². The molecule has 0 atom stereocenters. The average molecular weight is 268 g/mol. The molecule has 2 aromatic carbocycles. The lowest BCUT2D eigenvalue weighted by atomic mass is 10.0. The van der Waals surface area contributed by atoms with Gasteiger partial charge in [-0.25, -0.2) is 4.39 Å². The molecule has 3 N–H and O–H groups in total. The van der Waals surface area contributed by atoms with E-state index in [0.29, 0.717) is 12.1 Å². The van der Waals surface area contributed by atoms with Crippen molar-refractivity contribution in [2.75, 3.05) is 6.54 Å². The molecule has 0 unspecified atom stereocenters. The summed E-state index contributed by atoms with van der Waals surface area (Å²) in [4.78, 5) is 3.43. The van der Waals surface area contributed by atoms with Crippen molar-refractivity contribution >= 4 is 10.9 Å². The molecule has 20 heavy (non-hydrogen) atoms. The second-order valence-corrected chi connectivity index (χ2v) is 5.03. The molecule has 0 spiro atoms. The van der Waals surface area contributed by atoms with Gasteiger partial charge in [-0.15, -0.1) is 0 Å². The van der Waals surface area contributed by atoms with Crippen LogP contribution < -0.4 is 5.73 Å². The molecule has 0 saturated carbocycles. The van der Waals surface area contributed by atoms with E-state index < -0.39 is 0 Å². The van der Waals surface area contributed by atoms with Gasteiger partial charge in [0.05, 0.1) is 0 Å². The number of aromatic amines is 1. The molecule has 0 bridgehead atoms. The predicted octanol–water partition coefficient (Wildman–Crippen LogP) is 3.78. The van der Waals surface area contributed by atoms with Crippen molar-refractivity contribution in [3.05, 3.63) is 59.4 Å². The van der Waals surface area contributed by atoms with Crippen LogP contribution in [0.3, 0.4) is 0 Å². The summed E-state index contributed by atoms with van der Waals surface area (Å²) in [6, 6.07) is 13.4. The zero-order valence-electron chi connectivity index (χ0n) is 11.4. The zero-order valence-corrected chi connectivity index (χ0v) is 11.4. The van der Waals surface area contributed by atoms with Crippen molar-refractivity contribution in [3.8, 4) is 11.3 Å². The molecule has 0 fully saturated rings. The van der Waals surface area contributed by atoms with Crippen LogP contribution in [-0.2, 0) is 6.42 Å². The number of aryl methyl sites for hydroxylation is 1. The molecule has 0 aliphatic heterocycles. The second-order valence-electron chi connectivity index (χ2n) is 5.03. The van der Waals surface area contributed by atoms with E-state index in [1.165, 1.54) is 17.0 Å². The summed E-state index contributed by atoms with van der Waals surface area (Å²) in [5.74, 6) is -0.176. The first kappa shape index (κ1) is 12.9. The van der Waals surface area contributed by atoms with E-state index >= 15 is 0 Å². The highest BCUT2D eigenvalue weighted by molar-refractivity contribution is 5.90. The third-order valence-corrected chi connectivity index (χ3v) is 3.65. The van der Waals surface area contributed by atoms with Crippen molar-refractivity contribution in [1.29, 1.82) is 0 Å². The van der Waals surface area contributed by atoms with Gasteiger partial charge in [0, 0.05) is 16.6 Å². The van der Waals surface area contributed by atoms with Crippen molar-refractivity contribution in [3.63, 3.8) is 0 Å². The van der Waals surface area contributed by atoms with Crippen LogP contribution in [0.15, 0.2) is 42.5 Å². The van der Waals surface area contributed by atoms with E-state index in [0.717, 1.165) is 23.2 Å². The monoisotopic (exact) mass is 268 g/mol. The SMILES string of the molecule is Cc1cc(-c2[nH]c3ccccc3c2CCN)ccc1F. The zero-order chi connectivity index (χ0) is 14.1. The normalized spacial score (nSPS) is 11.2. The molecule has 0 saturated heterocycles. The molecule has 3 rings (SSSR count). The topological polar surface area (TPSA) is 41.8 Å². The third kappa shape index (κ3) is 2.10. The summed E-state index contributed by atoms with van der Waals surface area (Å²) in [7, 11) is 0. The van der Waals surface area contributed by atoms with Crippen LogP contribution >= 0.6 is 0 Å². The molecule has 3 heteroatoms. The van der Waals surface area contributed by atoms with Gasteiger partial charge >= 0.3 is 0 Å². The second kappa shape index (κ2) is 5.10. The number of para-hydroxylation sites is 1. The Morgan fingerprint density at radius 1 is 1.15 bits per heavy atom. The molecule has 0 radical (unpaired) electrons. The number of fused-ring (bicyclic) bond motifs is 1. The highest BCUT2D eigenvalue weighted by Crippen LogP contribution is 2.31. The minimum atomic E-state index is -0.176. The van der Waals surface area contributed by atoms with Gasteiger partial charge in [-0.2, -0.15) is 0 Å². The fourth-order valence-electron chi connectivity index (χ4n) is 2.65. The van der Waals surface area contributed by atoms with E-state index in [1.54, 1.807) is 6.92 Å². The van der Waals surface area contributed by atoms with Gasteiger partial charge < -0.3 is 10.7 Å². The van der Waals surface area contributed by atoms with E-state index in [9.17, 15) is 4.39 Å². The molecular weight excluding hydrogens is 251 g/mol. The van der Waals surface area contributed by atoms with Crippen molar-refractivity contribution in [2.24, 2.45) is 5.73 Å². The predicted molar refractivity (Wildman–Crippen MR) is 81.2 cm³/mol. The number of hydrogen-bond donors (Lipinski definition) is 2. The Balaban J connectivity index is 2.23. The minimum Gasteiger partial charge on any atom is -0.354 e. The Hall–Kier alpha value is -2.13. The summed E-state index contributed by atoms with van der Waals surface area (Å²) in [5.41, 5.74) is 10.7. The summed E-state index contributed by atoms with van der Waals surface area (Å²) in [6.07, 6.45) is 0.801. The fourth-order valence-corrected chi connectivity index (χ4v) is 2.65. The summed E-state index contributed by atoms with van der Waals surface area (Å²) >= 11 is 0. The Kier molecular flexibility index (Phi) is 3.28. The lowest BCUT2D eigenvalue weighted by Crippen LogP contribution is -2.03. The molecule has 1 aromatic heterocycles. The Bertz CT molecular complexity index is 759. The van der Waals surface area contributed by atoms with Gasteiger partial charge in [0.1, 0.15) is 5.82 Å². The maximum atomic E-state index is 13.4. The Morgan fingerprint density at radius 2 is 1.95 bits per heavy atom. The first-order chi connectivity index (χ1) is 9.70. The van der Waals surface area contributed by atoms with Crippen LogP contribution in [0.4, 0.5) is 4.39 Å². The summed E-state index contributed by atoms with van der Waals surface area (Å²) in [5, 5.41) is 1.19. The molecule has 2 nitrogen and oxygen atoms in total. The molecule has 0 aliphatic rings. The molecule has 3 aromatic rings. The highest BCUT2D eigenvalue weighted by Gasteiger charge is 2.13. The first-order valence-corrected chi connectivity index (χ1v) is 6.77. The van der Waals surface area contributed by atoms with Gasteiger partial charge in [-0.3, -0.25) is 0 Å². The number of H-pyrrole nitrogens is 1. The Labute approximate surface area is 117 Å². The van der Waals surface area contributed by atoms with Gasteiger partial charge in [0.2, 0.25) is 0 Å². The lowest BCUT2D eigenvalue weighted by Gasteiger charge is -2.05.